The fourth-order valence-corrected chi connectivity index (χ4v) is 2.62. The molecule has 1 fully saturated rings. The topological polar surface area (TPSA) is 81.0 Å². The van der Waals surface area contributed by atoms with Crippen LogP contribution in [0.3, 0.4) is 0 Å². The van der Waals surface area contributed by atoms with Gasteiger partial charge < -0.3 is 15.5 Å². The Morgan fingerprint density at radius 1 is 1.35 bits per heavy atom. The Morgan fingerprint density at radius 2 is 2.00 bits per heavy atom. The highest BCUT2D eigenvalue weighted by Gasteiger charge is 2.26. The Hall–Kier alpha value is -1.52. The maximum Gasteiger partial charge on any atom is 0.277 e. The van der Waals surface area contributed by atoms with Crippen molar-refractivity contribution in [1.82, 2.24) is 9.97 Å². The van der Waals surface area contributed by atoms with Crippen LogP contribution in [-0.2, 0) is 0 Å². The van der Waals surface area contributed by atoms with Crippen molar-refractivity contribution in [2.24, 2.45) is 11.8 Å². The van der Waals surface area contributed by atoms with Gasteiger partial charge in [-0.25, -0.2) is 4.98 Å². The zero-order valence-corrected chi connectivity index (χ0v) is 10.3. The van der Waals surface area contributed by atoms with E-state index in [2.05, 4.69) is 23.8 Å². The van der Waals surface area contributed by atoms with E-state index in [4.69, 9.17) is 10.5 Å². The van der Waals surface area contributed by atoms with E-state index in [1.807, 2.05) is 0 Å². The van der Waals surface area contributed by atoms with Gasteiger partial charge in [0.1, 0.15) is 6.10 Å². The van der Waals surface area contributed by atoms with Gasteiger partial charge in [-0.15, -0.1) is 0 Å². The lowest BCUT2D eigenvalue weighted by Gasteiger charge is -2.31. The molecule has 0 aliphatic heterocycles. The maximum absolute atomic E-state index is 11.3. The molecule has 5 heteroatoms. The molecule has 1 saturated carbocycles. The summed E-state index contributed by atoms with van der Waals surface area (Å²) in [6, 6.07) is 0. The van der Waals surface area contributed by atoms with Gasteiger partial charge in [0.25, 0.3) is 5.56 Å². The normalized spacial score (nSPS) is 28.9. The molecule has 0 saturated heterocycles. The van der Waals surface area contributed by atoms with E-state index in [0.29, 0.717) is 11.8 Å². The number of ether oxygens (including phenoxy) is 1. The average molecular weight is 237 g/mol. The zero-order chi connectivity index (χ0) is 12.4. The second kappa shape index (κ2) is 4.77. The standard InChI is InChI=1S/C12H19N3O2/c1-7-3-8(2)5-9(4-7)17-12-10(13)11(16)14-6-15-12/h6-9H,3-5,13H2,1-2H3,(H,14,15,16). The summed E-state index contributed by atoms with van der Waals surface area (Å²) in [5, 5.41) is 0. The molecule has 0 bridgehead atoms. The number of anilines is 1. The summed E-state index contributed by atoms with van der Waals surface area (Å²) in [5.41, 5.74) is 5.36. The number of hydrogen-bond donors (Lipinski definition) is 2. The Morgan fingerprint density at radius 3 is 2.65 bits per heavy atom. The molecule has 1 aliphatic carbocycles. The zero-order valence-electron chi connectivity index (χ0n) is 10.3. The van der Waals surface area contributed by atoms with Gasteiger partial charge in [-0.1, -0.05) is 13.8 Å². The molecule has 0 amide bonds. The average Bonchev–Trinajstić information content (AvgIpc) is 2.23. The van der Waals surface area contributed by atoms with Crippen molar-refractivity contribution in [3.05, 3.63) is 16.7 Å². The third-order valence-electron chi connectivity index (χ3n) is 3.27. The SMILES string of the molecule is CC1CC(C)CC(Oc2nc[nH]c(=O)c2N)C1. The summed E-state index contributed by atoms with van der Waals surface area (Å²) >= 11 is 0. The first kappa shape index (κ1) is 12.0. The van der Waals surface area contributed by atoms with Crippen molar-refractivity contribution >= 4 is 5.69 Å². The Kier molecular flexibility index (Phi) is 3.36. The number of nitrogens with zero attached hydrogens (tertiary/aromatic N) is 1. The molecule has 2 rings (SSSR count). The van der Waals surface area contributed by atoms with Crippen LogP contribution in [0.4, 0.5) is 5.69 Å². The molecule has 94 valence electrons. The summed E-state index contributed by atoms with van der Waals surface area (Å²) in [7, 11) is 0. The van der Waals surface area contributed by atoms with Crippen LogP contribution in [0.2, 0.25) is 0 Å². The largest absolute Gasteiger partial charge is 0.473 e. The van der Waals surface area contributed by atoms with E-state index in [0.717, 1.165) is 12.8 Å². The smallest absolute Gasteiger partial charge is 0.277 e. The predicted molar refractivity (Wildman–Crippen MR) is 65.9 cm³/mol. The lowest BCUT2D eigenvalue weighted by Crippen LogP contribution is -2.29. The molecule has 3 N–H and O–H groups in total. The molecule has 2 unspecified atom stereocenters. The molecule has 2 atom stereocenters. The minimum Gasteiger partial charge on any atom is -0.473 e. The highest BCUT2D eigenvalue weighted by molar-refractivity contribution is 5.44. The molecule has 1 aliphatic rings. The van der Waals surface area contributed by atoms with E-state index in [1.54, 1.807) is 0 Å². The predicted octanol–water partition coefficient (Wildman–Crippen LogP) is 1.56. The van der Waals surface area contributed by atoms with Gasteiger partial charge in [-0.05, 0) is 31.1 Å². The van der Waals surface area contributed by atoms with E-state index < -0.39 is 0 Å². The van der Waals surface area contributed by atoms with Crippen LogP contribution in [0.5, 0.6) is 5.88 Å². The lowest BCUT2D eigenvalue weighted by molar-refractivity contribution is 0.0972. The van der Waals surface area contributed by atoms with Crippen LogP contribution in [0.25, 0.3) is 0 Å². The molecule has 17 heavy (non-hydrogen) atoms. The fourth-order valence-electron chi connectivity index (χ4n) is 2.62. The monoisotopic (exact) mass is 237 g/mol. The van der Waals surface area contributed by atoms with Crippen molar-refractivity contribution in [3.8, 4) is 5.88 Å². The van der Waals surface area contributed by atoms with Crippen LogP contribution >= 0.6 is 0 Å². The van der Waals surface area contributed by atoms with Crippen LogP contribution in [0.15, 0.2) is 11.1 Å². The molecule has 0 spiro atoms. The summed E-state index contributed by atoms with van der Waals surface area (Å²) in [6.45, 7) is 4.45. The first-order valence-electron chi connectivity index (χ1n) is 6.06. The molecule has 1 heterocycles. The number of nitrogen functional groups attached to an aromatic ring is 1. The molecule has 5 nitrogen and oxygen atoms in total. The fraction of sp³-hybridized carbons (Fsp3) is 0.667. The Bertz CT molecular complexity index is 434. The quantitative estimate of drug-likeness (QED) is 0.817. The van der Waals surface area contributed by atoms with E-state index in [1.165, 1.54) is 12.7 Å². The number of rotatable bonds is 2. The molecule has 0 radical (unpaired) electrons. The second-order valence-electron chi connectivity index (χ2n) is 5.11. The third-order valence-corrected chi connectivity index (χ3v) is 3.27. The van der Waals surface area contributed by atoms with E-state index in [-0.39, 0.29) is 23.2 Å². The summed E-state index contributed by atoms with van der Waals surface area (Å²) < 4.78 is 5.75. The van der Waals surface area contributed by atoms with Crippen molar-refractivity contribution in [1.29, 1.82) is 0 Å². The number of nitrogens with one attached hydrogen (secondary N) is 1. The van der Waals surface area contributed by atoms with Gasteiger partial charge in [0.05, 0.1) is 6.33 Å². The Balaban J connectivity index is 2.10. The van der Waals surface area contributed by atoms with E-state index in [9.17, 15) is 4.79 Å². The molecular formula is C12H19N3O2. The van der Waals surface area contributed by atoms with Crippen molar-refractivity contribution in [2.75, 3.05) is 5.73 Å². The van der Waals surface area contributed by atoms with Crippen LogP contribution < -0.4 is 16.0 Å². The number of H-pyrrole nitrogens is 1. The van der Waals surface area contributed by atoms with Gasteiger partial charge in [0.2, 0.25) is 5.88 Å². The van der Waals surface area contributed by atoms with Crippen LogP contribution in [0.1, 0.15) is 33.1 Å². The summed E-state index contributed by atoms with van der Waals surface area (Å²) in [6.07, 6.45) is 4.67. The van der Waals surface area contributed by atoms with E-state index >= 15 is 0 Å². The summed E-state index contributed by atoms with van der Waals surface area (Å²) in [4.78, 5) is 17.7. The van der Waals surface area contributed by atoms with Crippen molar-refractivity contribution < 1.29 is 4.74 Å². The van der Waals surface area contributed by atoms with Crippen LogP contribution in [0, 0.1) is 11.8 Å². The van der Waals surface area contributed by atoms with Crippen LogP contribution in [-0.4, -0.2) is 16.1 Å². The second-order valence-corrected chi connectivity index (χ2v) is 5.11. The highest BCUT2D eigenvalue weighted by atomic mass is 16.5. The maximum atomic E-state index is 11.3. The molecular weight excluding hydrogens is 218 g/mol. The lowest BCUT2D eigenvalue weighted by atomic mass is 9.82. The number of aromatic amines is 1. The number of aromatic nitrogens is 2. The minimum atomic E-state index is -0.341. The molecule has 1 aromatic rings. The molecule has 1 aromatic heterocycles. The summed E-state index contributed by atoms with van der Waals surface area (Å²) in [5.74, 6) is 1.55. The minimum absolute atomic E-state index is 0.0679. The van der Waals surface area contributed by atoms with Gasteiger partial charge in [-0.2, -0.15) is 0 Å². The first-order valence-corrected chi connectivity index (χ1v) is 6.06. The number of hydrogen-bond acceptors (Lipinski definition) is 4. The van der Waals surface area contributed by atoms with Crippen molar-refractivity contribution in [3.63, 3.8) is 0 Å². The molecule has 0 aromatic carbocycles. The van der Waals surface area contributed by atoms with Gasteiger partial charge in [0, 0.05) is 0 Å². The first-order chi connectivity index (χ1) is 8.06. The Labute approximate surface area is 100 Å². The van der Waals surface area contributed by atoms with Gasteiger partial charge >= 0.3 is 0 Å². The number of nitrogens with two attached hydrogens (primary N) is 1. The van der Waals surface area contributed by atoms with Gasteiger partial charge in [0.15, 0.2) is 5.69 Å². The van der Waals surface area contributed by atoms with Gasteiger partial charge in [-0.3, -0.25) is 4.79 Å². The third kappa shape index (κ3) is 2.78. The highest BCUT2D eigenvalue weighted by Crippen LogP contribution is 2.31. The van der Waals surface area contributed by atoms with Crippen molar-refractivity contribution in [2.45, 2.75) is 39.2 Å².